The average molecular weight is 215 g/mol. The van der Waals surface area contributed by atoms with E-state index in [-0.39, 0.29) is 0 Å². The lowest BCUT2D eigenvalue weighted by Gasteiger charge is -2.33. The maximum absolute atomic E-state index is 5.52. The smallest absolute Gasteiger partial charge is 0.0724 e. The molecule has 1 aliphatic rings. The molecule has 0 spiro atoms. The van der Waals surface area contributed by atoms with Gasteiger partial charge in [0.1, 0.15) is 0 Å². The second-order valence-electron chi connectivity index (χ2n) is 4.51. The van der Waals surface area contributed by atoms with Gasteiger partial charge in [-0.25, -0.2) is 0 Å². The van der Waals surface area contributed by atoms with Crippen molar-refractivity contribution in [1.29, 1.82) is 0 Å². The summed E-state index contributed by atoms with van der Waals surface area (Å²) < 4.78 is 10.6. The molecule has 15 heavy (non-hydrogen) atoms. The molecule has 1 N–H and O–H groups in total. The van der Waals surface area contributed by atoms with Crippen LogP contribution in [0.2, 0.25) is 0 Å². The van der Waals surface area contributed by atoms with Crippen LogP contribution in [0.1, 0.15) is 39.0 Å². The van der Waals surface area contributed by atoms with Gasteiger partial charge < -0.3 is 14.8 Å². The topological polar surface area (TPSA) is 30.5 Å². The molecular weight excluding hydrogens is 190 g/mol. The van der Waals surface area contributed by atoms with E-state index in [9.17, 15) is 0 Å². The van der Waals surface area contributed by atoms with Gasteiger partial charge in [0.15, 0.2) is 0 Å². The van der Waals surface area contributed by atoms with Crippen molar-refractivity contribution in [2.45, 2.75) is 57.2 Å². The van der Waals surface area contributed by atoms with Crippen molar-refractivity contribution in [3.63, 3.8) is 0 Å². The summed E-state index contributed by atoms with van der Waals surface area (Å²) in [4.78, 5) is 0. The highest BCUT2D eigenvalue weighted by Gasteiger charge is 2.25. The molecule has 1 rings (SSSR count). The van der Waals surface area contributed by atoms with Gasteiger partial charge in [0, 0.05) is 32.9 Å². The van der Waals surface area contributed by atoms with Gasteiger partial charge in [0.2, 0.25) is 0 Å². The quantitative estimate of drug-likeness (QED) is 0.734. The standard InChI is InChI=1S/C12H25NO2/c1-10(8-9-14-2)13-11-6-4-5-7-12(11)15-3/h10-13H,4-9H2,1-3H3. The SMILES string of the molecule is COCCC(C)NC1CCCCC1OC. The van der Waals surface area contributed by atoms with Crippen LogP contribution in [0.5, 0.6) is 0 Å². The fourth-order valence-corrected chi connectivity index (χ4v) is 2.31. The molecule has 0 bridgehead atoms. The van der Waals surface area contributed by atoms with E-state index in [1.807, 2.05) is 7.11 Å². The van der Waals surface area contributed by atoms with Crippen molar-refractivity contribution in [3.8, 4) is 0 Å². The highest BCUT2D eigenvalue weighted by Crippen LogP contribution is 2.21. The predicted molar refractivity (Wildman–Crippen MR) is 62.1 cm³/mol. The molecule has 0 heterocycles. The van der Waals surface area contributed by atoms with Crippen LogP contribution in [0.25, 0.3) is 0 Å². The molecule has 3 unspecified atom stereocenters. The van der Waals surface area contributed by atoms with Gasteiger partial charge in [-0.05, 0) is 26.2 Å². The number of ether oxygens (including phenoxy) is 2. The van der Waals surface area contributed by atoms with E-state index < -0.39 is 0 Å². The van der Waals surface area contributed by atoms with E-state index >= 15 is 0 Å². The first-order chi connectivity index (χ1) is 7.27. The van der Waals surface area contributed by atoms with E-state index in [0.717, 1.165) is 13.0 Å². The molecule has 0 aliphatic heterocycles. The summed E-state index contributed by atoms with van der Waals surface area (Å²) in [6.07, 6.45) is 6.56. The summed E-state index contributed by atoms with van der Waals surface area (Å²) in [6.45, 7) is 3.05. The number of nitrogens with one attached hydrogen (secondary N) is 1. The van der Waals surface area contributed by atoms with Crippen molar-refractivity contribution in [2.75, 3.05) is 20.8 Å². The molecule has 0 aromatic heterocycles. The van der Waals surface area contributed by atoms with Gasteiger partial charge in [0.05, 0.1) is 6.10 Å². The van der Waals surface area contributed by atoms with Crippen LogP contribution in [0.4, 0.5) is 0 Å². The minimum absolute atomic E-state index is 0.406. The number of hydrogen-bond donors (Lipinski definition) is 1. The van der Waals surface area contributed by atoms with Gasteiger partial charge in [-0.2, -0.15) is 0 Å². The molecule has 0 aromatic carbocycles. The van der Waals surface area contributed by atoms with Crippen LogP contribution in [-0.2, 0) is 9.47 Å². The molecule has 90 valence electrons. The zero-order valence-corrected chi connectivity index (χ0v) is 10.3. The summed E-state index contributed by atoms with van der Waals surface area (Å²) in [5.41, 5.74) is 0. The predicted octanol–water partition coefficient (Wildman–Crippen LogP) is 1.96. The van der Waals surface area contributed by atoms with E-state index in [0.29, 0.717) is 18.2 Å². The summed E-state index contributed by atoms with van der Waals surface area (Å²) in [6, 6.07) is 1.06. The maximum Gasteiger partial charge on any atom is 0.0724 e. The van der Waals surface area contributed by atoms with E-state index in [1.54, 1.807) is 7.11 Å². The highest BCUT2D eigenvalue weighted by molar-refractivity contribution is 4.83. The van der Waals surface area contributed by atoms with Crippen molar-refractivity contribution >= 4 is 0 Å². The van der Waals surface area contributed by atoms with Crippen LogP contribution < -0.4 is 5.32 Å². The normalized spacial score (nSPS) is 29.0. The van der Waals surface area contributed by atoms with Crippen LogP contribution in [0.15, 0.2) is 0 Å². The first-order valence-electron chi connectivity index (χ1n) is 6.05. The van der Waals surface area contributed by atoms with Crippen molar-refractivity contribution in [2.24, 2.45) is 0 Å². The van der Waals surface area contributed by atoms with Crippen molar-refractivity contribution in [1.82, 2.24) is 5.32 Å². The Balaban J connectivity index is 2.27. The van der Waals surface area contributed by atoms with Gasteiger partial charge in [0.25, 0.3) is 0 Å². The zero-order chi connectivity index (χ0) is 11.1. The number of hydrogen-bond acceptors (Lipinski definition) is 3. The fourth-order valence-electron chi connectivity index (χ4n) is 2.31. The molecule has 3 atom stereocenters. The summed E-state index contributed by atoms with van der Waals surface area (Å²) >= 11 is 0. The van der Waals surface area contributed by atoms with Crippen LogP contribution in [0.3, 0.4) is 0 Å². The van der Waals surface area contributed by atoms with Gasteiger partial charge in [-0.15, -0.1) is 0 Å². The molecule has 0 aromatic rings. The van der Waals surface area contributed by atoms with Gasteiger partial charge >= 0.3 is 0 Å². The van der Waals surface area contributed by atoms with Crippen LogP contribution in [-0.4, -0.2) is 39.0 Å². The minimum atomic E-state index is 0.406. The second kappa shape index (κ2) is 7.20. The monoisotopic (exact) mass is 215 g/mol. The average Bonchev–Trinajstić information content (AvgIpc) is 2.27. The molecule has 0 amide bonds. The lowest BCUT2D eigenvalue weighted by Crippen LogP contribution is -2.47. The molecule has 1 aliphatic carbocycles. The third-order valence-electron chi connectivity index (χ3n) is 3.26. The Bertz CT molecular complexity index is 164. The largest absolute Gasteiger partial charge is 0.385 e. The maximum atomic E-state index is 5.52. The Morgan fingerprint density at radius 2 is 2.00 bits per heavy atom. The Labute approximate surface area is 93.5 Å². The van der Waals surface area contributed by atoms with E-state index in [1.165, 1.54) is 25.7 Å². The summed E-state index contributed by atoms with van der Waals surface area (Å²) in [5, 5.41) is 3.65. The van der Waals surface area contributed by atoms with E-state index in [4.69, 9.17) is 9.47 Å². The fraction of sp³-hybridized carbons (Fsp3) is 1.00. The summed E-state index contributed by atoms with van der Waals surface area (Å²) in [7, 11) is 3.58. The molecular formula is C12H25NO2. The van der Waals surface area contributed by atoms with E-state index in [2.05, 4.69) is 12.2 Å². The lowest BCUT2D eigenvalue weighted by molar-refractivity contribution is 0.0368. The summed E-state index contributed by atoms with van der Waals surface area (Å²) in [5.74, 6) is 0. The Morgan fingerprint density at radius 3 is 2.67 bits per heavy atom. The number of rotatable bonds is 6. The molecule has 0 saturated heterocycles. The third kappa shape index (κ3) is 4.49. The highest BCUT2D eigenvalue weighted by atomic mass is 16.5. The Hall–Kier alpha value is -0.120. The molecule has 3 heteroatoms. The zero-order valence-electron chi connectivity index (χ0n) is 10.3. The first kappa shape index (κ1) is 12.9. The van der Waals surface area contributed by atoms with Gasteiger partial charge in [-0.3, -0.25) is 0 Å². The first-order valence-corrected chi connectivity index (χ1v) is 6.05. The minimum Gasteiger partial charge on any atom is -0.385 e. The van der Waals surface area contributed by atoms with Gasteiger partial charge in [-0.1, -0.05) is 12.8 Å². The molecule has 0 radical (unpaired) electrons. The van der Waals surface area contributed by atoms with Crippen LogP contribution >= 0.6 is 0 Å². The molecule has 3 nitrogen and oxygen atoms in total. The van der Waals surface area contributed by atoms with Crippen LogP contribution in [0, 0.1) is 0 Å². The van der Waals surface area contributed by atoms with Crippen molar-refractivity contribution in [3.05, 3.63) is 0 Å². The van der Waals surface area contributed by atoms with Crippen molar-refractivity contribution < 1.29 is 9.47 Å². The Morgan fingerprint density at radius 1 is 1.27 bits per heavy atom. The number of methoxy groups -OCH3 is 2. The molecule has 1 fully saturated rings. The lowest BCUT2D eigenvalue weighted by atomic mass is 9.91. The molecule has 1 saturated carbocycles. The second-order valence-corrected chi connectivity index (χ2v) is 4.51. The Kier molecular flexibility index (Phi) is 6.22. The third-order valence-corrected chi connectivity index (χ3v) is 3.26.